The lowest BCUT2D eigenvalue weighted by molar-refractivity contribution is -0.137. The summed E-state index contributed by atoms with van der Waals surface area (Å²) in [5, 5.41) is 7.46. The number of halogens is 3. The maximum atomic E-state index is 13.6. The summed E-state index contributed by atoms with van der Waals surface area (Å²) in [6, 6.07) is 23.2. The molecule has 1 heterocycles. The Morgan fingerprint density at radius 3 is 2.33 bits per heavy atom. The average Bonchev–Trinajstić information content (AvgIpc) is 2.83. The number of aryl methyl sites for hydroxylation is 1. The van der Waals surface area contributed by atoms with Crippen molar-refractivity contribution in [3.05, 3.63) is 95.7 Å². The number of aromatic nitrogens is 1. The van der Waals surface area contributed by atoms with Gasteiger partial charge in [-0.2, -0.15) is 13.2 Å². The third kappa shape index (κ3) is 6.34. The minimum atomic E-state index is -4.49. The van der Waals surface area contributed by atoms with E-state index in [1.165, 1.54) is 5.56 Å². The number of anilines is 2. The molecule has 2 N–H and O–H groups in total. The zero-order valence-electron chi connectivity index (χ0n) is 20.6. The van der Waals surface area contributed by atoms with E-state index >= 15 is 0 Å². The smallest absolute Gasteiger partial charge is 0.416 e. The molecule has 0 fully saturated rings. The number of benzene rings is 3. The Bertz CT molecular complexity index is 1320. The predicted molar refractivity (Wildman–Crippen MR) is 139 cm³/mol. The van der Waals surface area contributed by atoms with E-state index in [1.807, 2.05) is 55.5 Å². The lowest BCUT2D eigenvalue weighted by Gasteiger charge is -2.27. The Balaban J connectivity index is 1.46. The van der Waals surface area contributed by atoms with Gasteiger partial charge < -0.3 is 15.4 Å². The van der Waals surface area contributed by atoms with E-state index < -0.39 is 11.7 Å². The molecule has 7 heteroatoms. The highest BCUT2D eigenvalue weighted by molar-refractivity contribution is 5.93. The minimum absolute atomic E-state index is 0.171. The van der Waals surface area contributed by atoms with Gasteiger partial charge in [0.25, 0.3) is 0 Å². The molecule has 0 unspecified atom stereocenters. The average molecular weight is 494 g/mol. The van der Waals surface area contributed by atoms with E-state index in [0.717, 1.165) is 28.7 Å². The standard InChI is InChI=1S/C29H30F3N3O/c1-20-16-27(25-12-7-8-13-26(25)34-20)35-23-17-22(29(30,31)32)18-24(19-23)36-15-9-14-33-28(2,3)21-10-5-4-6-11-21/h4-8,10-13,16-19,33H,9,14-15H2,1-3H3,(H,34,35). The molecule has 0 saturated carbocycles. The highest BCUT2D eigenvalue weighted by Gasteiger charge is 2.31. The van der Waals surface area contributed by atoms with Gasteiger partial charge in [0.2, 0.25) is 0 Å². The van der Waals surface area contributed by atoms with Gasteiger partial charge in [-0.15, -0.1) is 0 Å². The first kappa shape index (κ1) is 25.5. The summed E-state index contributed by atoms with van der Waals surface area (Å²) in [6.07, 6.45) is -3.85. The highest BCUT2D eigenvalue weighted by Crippen LogP contribution is 2.36. The largest absolute Gasteiger partial charge is 0.493 e. The van der Waals surface area contributed by atoms with E-state index in [1.54, 1.807) is 6.07 Å². The maximum Gasteiger partial charge on any atom is 0.416 e. The third-order valence-corrected chi connectivity index (χ3v) is 6.01. The number of hydrogen-bond acceptors (Lipinski definition) is 4. The van der Waals surface area contributed by atoms with Gasteiger partial charge in [-0.1, -0.05) is 48.5 Å². The summed E-state index contributed by atoms with van der Waals surface area (Å²) in [5.41, 5.74) is 2.72. The van der Waals surface area contributed by atoms with Crippen LogP contribution in [0.4, 0.5) is 24.5 Å². The predicted octanol–water partition coefficient (Wildman–Crippen LogP) is 7.60. The number of para-hydroxylation sites is 1. The van der Waals surface area contributed by atoms with E-state index in [-0.39, 0.29) is 17.9 Å². The number of alkyl halides is 3. The normalized spacial score (nSPS) is 12.1. The molecule has 1 aromatic heterocycles. The molecule has 4 rings (SSSR count). The molecule has 0 atom stereocenters. The van der Waals surface area contributed by atoms with Crippen LogP contribution < -0.4 is 15.4 Å². The van der Waals surface area contributed by atoms with Crippen molar-refractivity contribution in [2.45, 2.75) is 38.9 Å². The van der Waals surface area contributed by atoms with Crippen molar-refractivity contribution in [1.82, 2.24) is 10.3 Å². The summed E-state index contributed by atoms with van der Waals surface area (Å²) in [7, 11) is 0. The van der Waals surface area contributed by atoms with Gasteiger partial charge in [-0.3, -0.25) is 4.98 Å². The summed E-state index contributed by atoms with van der Waals surface area (Å²) >= 11 is 0. The molecule has 0 aliphatic heterocycles. The third-order valence-electron chi connectivity index (χ3n) is 6.01. The van der Waals surface area contributed by atoms with Crippen molar-refractivity contribution in [3.63, 3.8) is 0 Å². The lowest BCUT2D eigenvalue weighted by Crippen LogP contribution is -2.37. The molecule has 4 aromatic rings. The van der Waals surface area contributed by atoms with Crippen LogP contribution >= 0.6 is 0 Å². The van der Waals surface area contributed by atoms with Crippen molar-refractivity contribution in [2.24, 2.45) is 0 Å². The minimum Gasteiger partial charge on any atom is -0.493 e. The van der Waals surface area contributed by atoms with E-state index in [0.29, 0.717) is 24.3 Å². The molecule has 188 valence electrons. The van der Waals surface area contributed by atoms with E-state index in [9.17, 15) is 13.2 Å². The maximum absolute atomic E-state index is 13.6. The first-order chi connectivity index (χ1) is 17.1. The zero-order chi connectivity index (χ0) is 25.8. The number of nitrogens with one attached hydrogen (secondary N) is 2. The molecular weight excluding hydrogens is 463 g/mol. The van der Waals surface area contributed by atoms with Crippen molar-refractivity contribution < 1.29 is 17.9 Å². The van der Waals surface area contributed by atoms with Crippen molar-refractivity contribution in [3.8, 4) is 5.75 Å². The second-order valence-corrected chi connectivity index (χ2v) is 9.32. The Hall–Kier alpha value is -3.58. The molecule has 4 nitrogen and oxygen atoms in total. The van der Waals surface area contributed by atoms with Crippen LogP contribution in [-0.4, -0.2) is 18.1 Å². The Morgan fingerprint density at radius 1 is 0.861 bits per heavy atom. The van der Waals surface area contributed by atoms with Crippen LogP contribution in [0.5, 0.6) is 5.75 Å². The molecule has 0 aliphatic rings. The number of fused-ring (bicyclic) bond motifs is 1. The van der Waals surface area contributed by atoms with Crippen molar-refractivity contribution >= 4 is 22.3 Å². The molecule has 0 bridgehead atoms. The van der Waals surface area contributed by atoms with Gasteiger partial charge >= 0.3 is 6.18 Å². The van der Waals surface area contributed by atoms with Crippen LogP contribution in [0.2, 0.25) is 0 Å². The number of hydrogen-bond donors (Lipinski definition) is 2. The van der Waals surface area contributed by atoms with E-state index in [4.69, 9.17) is 4.74 Å². The van der Waals surface area contributed by atoms with Gasteiger partial charge in [-0.05, 0) is 63.6 Å². The first-order valence-electron chi connectivity index (χ1n) is 11.9. The second kappa shape index (κ2) is 10.6. The number of rotatable bonds is 9. The second-order valence-electron chi connectivity index (χ2n) is 9.32. The van der Waals surface area contributed by atoms with Gasteiger partial charge in [0.15, 0.2) is 0 Å². The van der Waals surface area contributed by atoms with Gasteiger partial charge in [-0.25, -0.2) is 0 Å². The monoisotopic (exact) mass is 493 g/mol. The highest BCUT2D eigenvalue weighted by atomic mass is 19.4. The Labute approximate surface area is 209 Å². The Kier molecular flexibility index (Phi) is 7.50. The topological polar surface area (TPSA) is 46.2 Å². The zero-order valence-corrected chi connectivity index (χ0v) is 20.6. The summed E-state index contributed by atoms with van der Waals surface area (Å²) in [6.45, 7) is 6.99. The fourth-order valence-electron chi connectivity index (χ4n) is 4.10. The molecule has 0 radical (unpaired) electrons. The van der Waals surface area contributed by atoms with Crippen LogP contribution in [-0.2, 0) is 11.7 Å². The van der Waals surface area contributed by atoms with Crippen LogP contribution in [0.3, 0.4) is 0 Å². The van der Waals surface area contributed by atoms with Gasteiger partial charge in [0.05, 0.1) is 17.7 Å². The van der Waals surface area contributed by atoms with E-state index in [2.05, 4.69) is 41.6 Å². The summed E-state index contributed by atoms with van der Waals surface area (Å²) in [5.74, 6) is 0.171. The number of pyridine rings is 1. The molecule has 3 aromatic carbocycles. The SMILES string of the molecule is Cc1cc(Nc2cc(OCCCNC(C)(C)c3ccccc3)cc(C(F)(F)F)c2)c2ccccc2n1. The first-order valence-corrected chi connectivity index (χ1v) is 11.9. The fraction of sp³-hybridized carbons (Fsp3) is 0.276. The van der Waals surface area contributed by atoms with Crippen LogP contribution in [0.1, 0.15) is 37.1 Å². The summed E-state index contributed by atoms with van der Waals surface area (Å²) < 4.78 is 46.7. The molecule has 0 amide bonds. The van der Waals surface area contributed by atoms with Crippen LogP contribution in [0, 0.1) is 6.92 Å². The van der Waals surface area contributed by atoms with Crippen molar-refractivity contribution in [2.75, 3.05) is 18.5 Å². The molecule has 0 spiro atoms. The fourth-order valence-corrected chi connectivity index (χ4v) is 4.10. The summed E-state index contributed by atoms with van der Waals surface area (Å²) in [4.78, 5) is 4.50. The molecule has 0 aliphatic carbocycles. The van der Waals surface area contributed by atoms with Gasteiger partial charge in [0.1, 0.15) is 5.75 Å². The molecular formula is C29H30F3N3O. The van der Waals surface area contributed by atoms with Crippen molar-refractivity contribution in [1.29, 1.82) is 0 Å². The van der Waals surface area contributed by atoms with Gasteiger partial charge in [0, 0.05) is 34.1 Å². The Morgan fingerprint density at radius 2 is 1.58 bits per heavy atom. The number of ether oxygens (including phenoxy) is 1. The molecule has 36 heavy (non-hydrogen) atoms. The molecule has 0 saturated heterocycles. The van der Waals surface area contributed by atoms with Crippen LogP contribution in [0.25, 0.3) is 10.9 Å². The quantitative estimate of drug-likeness (QED) is 0.236. The number of nitrogens with zero attached hydrogens (tertiary/aromatic N) is 1. The van der Waals surface area contributed by atoms with Crippen LogP contribution in [0.15, 0.2) is 78.9 Å². The lowest BCUT2D eigenvalue weighted by atomic mass is 9.94.